The molecule has 0 fully saturated rings. The molecule has 40 heavy (non-hydrogen) atoms. The van der Waals surface area contributed by atoms with Crippen molar-refractivity contribution in [1.29, 1.82) is 0 Å². The quantitative estimate of drug-likeness (QED) is 0.186. The van der Waals surface area contributed by atoms with Crippen LogP contribution in [0.5, 0.6) is 11.6 Å². The summed E-state index contributed by atoms with van der Waals surface area (Å²) in [6.07, 6.45) is 3.57. The molecule has 0 saturated heterocycles. The van der Waals surface area contributed by atoms with Crippen LogP contribution in [0.2, 0.25) is 0 Å². The minimum Gasteiger partial charge on any atom is -0.504 e. The minimum absolute atomic E-state index is 0. The molecule has 202 valence electrons. The van der Waals surface area contributed by atoms with Gasteiger partial charge in [-0.3, -0.25) is 4.98 Å². The summed E-state index contributed by atoms with van der Waals surface area (Å²) in [5.74, 6) is 1.75. The standard InChI is InChI=1S/C32H25N6O.Pt/c1-35(2)22-14-16-33-31(18-22)38-27-9-5-4-8-25(27)26-13-12-24(20-30(26)38)39-32-19-23(15-17-34-32)37-21-36(3)28-10-6-7-11-29(28)37;/h4-18,21H,1-3H3;/q-3;. The number of nitrogens with zero attached hydrogens (tertiary/aromatic N) is 6. The number of fused-ring (bicyclic) bond motifs is 4. The molecule has 0 radical (unpaired) electrons. The van der Waals surface area contributed by atoms with E-state index in [-0.39, 0.29) is 21.1 Å². The molecule has 0 aliphatic carbocycles. The van der Waals surface area contributed by atoms with E-state index in [9.17, 15) is 0 Å². The van der Waals surface area contributed by atoms with Crippen LogP contribution in [0.1, 0.15) is 0 Å². The van der Waals surface area contributed by atoms with Gasteiger partial charge >= 0.3 is 0 Å². The summed E-state index contributed by atoms with van der Waals surface area (Å²) >= 11 is 0. The van der Waals surface area contributed by atoms with Gasteiger partial charge in [-0.25, -0.2) is 4.98 Å². The van der Waals surface area contributed by atoms with Crippen molar-refractivity contribution in [3.63, 3.8) is 0 Å². The summed E-state index contributed by atoms with van der Waals surface area (Å²) in [6.45, 7) is 2.03. The Morgan fingerprint density at radius 3 is 2.45 bits per heavy atom. The second kappa shape index (κ2) is 10.3. The number of pyridine rings is 2. The van der Waals surface area contributed by atoms with Gasteiger partial charge in [-0.15, -0.1) is 17.5 Å². The van der Waals surface area contributed by atoms with Crippen molar-refractivity contribution in [2.45, 2.75) is 0 Å². The first-order valence-electron chi connectivity index (χ1n) is 12.7. The van der Waals surface area contributed by atoms with Crippen LogP contribution in [0.25, 0.3) is 27.6 Å². The first-order valence-corrected chi connectivity index (χ1v) is 12.7. The molecule has 0 bridgehead atoms. The third-order valence-corrected chi connectivity index (χ3v) is 6.97. The zero-order chi connectivity index (χ0) is 26.5. The molecular weight excluding hydrogens is 679 g/mol. The third kappa shape index (κ3) is 4.36. The summed E-state index contributed by atoms with van der Waals surface area (Å²) in [4.78, 5) is 15.4. The molecule has 0 atom stereocenters. The topological polar surface area (TPSA) is 49.7 Å². The zero-order valence-electron chi connectivity index (χ0n) is 22.1. The molecule has 7 nitrogen and oxygen atoms in total. The summed E-state index contributed by atoms with van der Waals surface area (Å²) < 4.78 is 8.36. The van der Waals surface area contributed by atoms with Crippen LogP contribution in [0, 0.1) is 18.8 Å². The Morgan fingerprint density at radius 2 is 1.60 bits per heavy atom. The van der Waals surface area contributed by atoms with Crippen LogP contribution in [-0.4, -0.2) is 35.7 Å². The molecule has 0 amide bonds. The van der Waals surface area contributed by atoms with Crippen LogP contribution in [0.4, 0.5) is 22.7 Å². The van der Waals surface area contributed by atoms with Crippen molar-refractivity contribution in [2.24, 2.45) is 0 Å². The Bertz CT molecular complexity index is 1850. The second-order valence-corrected chi connectivity index (χ2v) is 9.65. The maximum atomic E-state index is 6.23. The predicted molar refractivity (Wildman–Crippen MR) is 156 cm³/mol. The fourth-order valence-electron chi connectivity index (χ4n) is 5.09. The summed E-state index contributed by atoms with van der Waals surface area (Å²) in [6, 6.07) is 33.4. The fraction of sp³-hybridized carbons (Fsp3) is 0.0938. The minimum atomic E-state index is 0. The van der Waals surface area contributed by atoms with Crippen LogP contribution in [0.15, 0.2) is 91.3 Å². The number of aromatic nitrogens is 3. The summed E-state index contributed by atoms with van der Waals surface area (Å²) in [5.41, 5.74) is 6.07. The van der Waals surface area contributed by atoms with Gasteiger partial charge in [-0.2, -0.15) is 30.6 Å². The number of hydrogen-bond acceptors (Lipinski definition) is 6. The Kier molecular flexibility index (Phi) is 6.68. The Morgan fingerprint density at radius 1 is 0.825 bits per heavy atom. The molecule has 1 aliphatic rings. The largest absolute Gasteiger partial charge is 0.504 e. The van der Waals surface area contributed by atoms with Crippen LogP contribution in [0.3, 0.4) is 0 Å². The van der Waals surface area contributed by atoms with Crippen molar-refractivity contribution in [1.82, 2.24) is 14.5 Å². The molecule has 3 aromatic carbocycles. The molecule has 0 unspecified atom stereocenters. The predicted octanol–water partition coefficient (Wildman–Crippen LogP) is 6.74. The van der Waals surface area contributed by atoms with Crippen LogP contribution in [-0.2, 0) is 21.1 Å². The molecule has 0 N–H and O–H groups in total. The van der Waals surface area contributed by atoms with E-state index in [0.29, 0.717) is 11.6 Å². The average Bonchev–Trinajstić information content (AvgIpc) is 3.48. The van der Waals surface area contributed by atoms with Crippen molar-refractivity contribution >= 4 is 44.6 Å². The van der Waals surface area contributed by atoms with Gasteiger partial charge in [-0.1, -0.05) is 35.8 Å². The number of anilines is 4. The summed E-state index contributed by atoms with van der Waals surface area (Å²) in [7, 11) is 6.08. The van der Waals surface area contributed by atoms with Crippen molar-refractivity contribution < 1.29 is 25.8 Å². The van der Waals surface area contributed by atoms with E-state index in [1.165, 1.54) is 0 Å². The van der Waals surface area contributed by atoms with Crippen molar-refractivity contribution in [3.8, 4) is 17.4 Å². The van der Waals surface area contributed by atoms with Gasteiger partial charge in [0, 0.05) is 75.8 Å². The fourth-order valence-corrected chi connectivity index (χ4v) is 5.09. The Labute approximate surface area is 247 Å². The van der Waals surface area contributed by atoms with E-state index in [1.807, 2.05) is 70.4 Å². The zero-order valence-corrected chi connectivity index (χ0v) is 24.4. The van der Waals surface area contributed by atoms with E-state index in [4.69, 9.17) is 9.72 Å². The molecule has 7 rings (SSSR count). The number of benzene rings is 3. The van der Waals surface area contributed by atoms with Gasteiger partial charge in [0.15, 0.2) is 0 Å². The van der Waals surface area contributed by atoms with Gasteiger partial charge in [0.2, 0.25) is 0 Å². The number of rotatable bonds is 5. The molecule has 8 heteroatoms. The Balaban J connectivity index is 0.00000289. The van der Waals surface area contributed by atoms with E-state index < -0.39 is 0 Å². The molecule has 0 saturated carbocycles. The maximum Gasteiger partial charge on any atom is 0.137 e. The van der Waals surface area contributed by atoms with Crippen LogP contribution >= 0.6 is 0 Å². The van der Waals surface area contributed by atoms with Gasteiger partial charge in [0.05, 0.1) is 0 Å². The van der Waals surface area contributed by atoms with Crippen molar-refractivity contribution in [2.75, 3.05) is 35.8 Å². The molecule has 4 heterocycles. The van der Waals surface area contributed by atoms with Gasteiger partial charge < -0.3 is 24.0 Å². The first kappa shape index (κ1) is 25.9. The van der Waals surface area contributed by atoms with E-state index >= 15 is 0 Å². The molecule has 3 aromatic heterocycles. The first-order chi connectivity index (χ1) is 19.1. The Hall–Kier alpha value is -4.35. The van der Waals surface area contributed by atoms with Gasteiger partial charge in [0.1, 0.15) is 11.7 Å². The second-order valence-electron chi connectivity index (χ2n) is 9.65. The third-order valence-electron chi connectivity index (χ3n) is 6.97. The molecule has 1 aliphatic heterocycles. The molecular formula is C32H25N6OPt-3. The average molecular weight is 705 g/mol. The molecule has 0 spiro atoms. The van der Waals surface area contributed by atoms with E-state index in [1.54, 1.807) is 6.20 Å². The molecule has 6 aromatic rings. The normalized spacial score (nSPS) is 12.5. The summed E-state index contributed by atoms with van der Waals surface area (Å²) in [5, 5.41) is 2.21. The monoisotopic (exact) mass is 704 g/mol. The van der Waals surface area contributed by atoms with Crippen LogP contribution < -0.4 is 19.4 Å². The number of hydrogen-bond donors (Lipinski definition) is 0. The number of para-hydroxylation sites is 3. The van der Waals surface area contributed by atoms with Gasteiger partial charge in [0.25, 0.3) is 0 Å². The van der Waals surface area contributed by atoms with E-state index in [2.05, 4.69) is 78.8 Å². The van der Waals surface area contributed by atoms with E-state index in [0.717, 1.165) is 50.4 Å². The smallest absolute Gasteiger partial charge is 0.137 e. The van der Waals surface area contributed by atoms with Crippen molar-refractivity contribution in [3.05, 3.63) is 110 Å². The van der Waals surface area contributed by atoms with Gasteiger partial charge in [-0.05, 0) is 42.9 Å². The number of ether oxygens (including phenoxy) is 1. The SMILES string of the molecule is CN(C)c1ccnc(-n2c3[c-]c(Oc4[c-]c(N5[CH-]N(C)c6ccccc65)ccn4)ccc3c3ccccc32)c1.[Pt]. The maximum absolute atomic E-state index is 6.23.